The Hall–Kier alpha value is -1.13. The number of likely N-dealkylation sites (N-methyl/N-ethyl adjacent to an activating group) is 1. The van der Waals surface area contributed by atoms with Crippen molar-refractivity contribution in [1.29, 1.82) is 0 Å². The predicted octanol–water partition coefficient (Wildman–Crippen LogP) is 1.55. The van der Waals surface area contributed by atoms with Gasteiger partial charge in [0.15, 0.2) is 0 Å². The Kier molecular flexibility index (Phi) is 4.34. The average Bonchev–Trinajstić information content (AvgIpc) is 2.89. The van der Waals surface area contributed by atoms with Crippen LogP contribution >= 0.6 is 0 Å². The third kappa shape index (κ3) is 3.17. The second-order valence-corrected chi connectivity index (χ2v) is 4.40. The van der Waals surface area contributed by atoms with Crippen LogP contribution in [-0.4, -0.2) is 30.8 Å². The van der Waals surface area contributed by atoms with Crippen molar-refractivity contribution < 1.29 is 4.74 Å². The van der Waals surface area contributed by atoms with E-state index in [4.69, 9.17) is 10.5 Å². The minimum Gasteiger partial charge on any atom is -0.376 e. The van der Waals surface area contributed by atoms with E-state index < -0.39 is 0 Å². The van der Waals surface area contributed by atoms with Crippen molar-refractivity contribution in [3.05, 3.63) is 23.9 Å². The van der Waals surface area contributed by atoms with Crippen molar-refractivity contribution in [1.82, 2.24) is 4.98 Å². The lowest BCUT2D eigenvalue weighted by atomic mass is 10.2. The third-order valence-corrected chi connectivity index (χ3v) is 3.20. The molecule has 4 heteroatoms. The number of nitrogens with two attached hydrogens (primary N) is 1. The smallest absolute Gasteiger partial charge is 0.128 e. The molecule has 0 saturated carbocycles. The van der Waals surface area contributed by atoms with Crippen LogP contribution in [-0.2, 0) is 11.3 Å². The highest BCUT2D eigenvalue weighted by atomic mass is 16.5. The highest BCUT2D eigenvalue weighted by Crippen LogP contribution is 2.18. The maximum Gasteiger partial charge on any atom is 0.128 e. The van der Waals surface area contributed by atoms with Crippen LogP contribution < -0.4 is 10.6 Å². The van der Waals surface area contributed by atoms with Crippen LogP contribution in [0, 0.1) is 0 Å². The maximum absolute atomic E-state index is 5.67. The number of hydrogen-bond donors (Lipinski definition) is 1. The van der Waals surface area contributed by atoms with Crippen LogP contribution in [0.5, 0.6) is 0 Å². The van der Waals surface area contributed by atoms with Gasteiger partial charge >= 0.3 is 0 Å². The van der Waals surface area contributed by atoms with Gasteiger partial charge in [-0.2, -0.15) is 0 Å². The first kappa shape index (κ1) is 12.3. The van der Waals surface area contributed by atoms with Crippen molar-refractivity contribution >= 4 is 5.82 Å². The zero-order valence-electron chi connectivity index (χ0n) is 10.4. The largest absolute Gasteiger partial charge is 0.376 e. The molecule has 2 heterocycles. The van der Waals surface area contributed by atoms with Crippen LogP contribution in [0.3, 0.4) is 0 Å². The lowest BCUT2D eigenvalue weighted by Gasteiger charge is -2.25. The van der Waals surface area contributed by atoms with E-state index in [-0.39, 0.29) is 0 Å². The average molecular weight is 235 g/mol. The van der Waals surface area contributed by atoms with Crippen LogP contribution in [0.2, 0.25) is 0 Å². The molecule has 1 unspecified atom stereocenters. The number of hydrogen-bond acceptors (Lipinski definition) is 4. The normalized spacial score (nSPS) is 19.5. The molecule has 4 nitrogen and oxygen atoms in total. The molecule has 17 heavy (non-hydrogen) atoms. The summed E-state index contributed by atoms with van der Waals surface area (Å²) in [6, 6.07) is 4.03. The topological polar surface area (TPSA) is 51.4 Å². The van der Waals surface area contributed by atoms with Gasteiger partial charge in [-0.05, 0) is 37.5 Å². The Bertz CT molecular complexity index is 350. The SMILES string of the molecule is CCN(CC1CCCO1)c1cc(CN)ccn1. The Labute approximate surface area is 103 Å². The predicted molar refractivity (Wildman–Crippen MR) is 69.0 cm³/mol. The molecule has 1 fully saturated rings. The van der Waals surface area contributed by atoms with Gasteiger partial charge in [0.2, 0.25) is 0 Å². The van der Waals surface area contributed by atoms with Gasteiger partial charge in [-0.1, -0.05) is 0 Å². The Morgan fingerprint density at radius 3 is 3.12 bits per heavy atom. The summed E-state index contributed by atoms with van der Waals surface area (Å²) in [5, 5.41) is 0. The summed E-state index contributed by atoms with van der Waals surface area (Å²) in [5.41, 5.74) is 6.78. The highest BCUT2D eigenvalue weighted by molar-refractivity contribution is 5.41. The van der Waals surface area contributed by atoms with E-state index in [0.717, 1.165) is 37.5 Å². The van der Waals surface area contributed by atoms with Gasteiger partial charge in [-0.3, -0.25) is 0 Å². The molecule has 0 bridgehead atoms. The van der Waals surface area contributed by atoms with Crippen LogP contribution in [0.4, 0.5) is 5.82 Å². The first-order valence-electron chi connectivity index (χ1n) is 6.35. The molecule has 1 aromatic rings. The Balaban J connectivity index is 2.04. The van der Waals surface area contributed by atoms with E-state index in [1.54, 1.807) is 0 Å². The summed E-state index contributed by atoms with van der Waals surface area (Å²) >= 11 is 0. The fourth-order valence-electron chi connectivity index (χ4n) is 2.18. The van der Waals surface area contributed by atoms with E-state index in [2.05, 4.69) is 22.9 Å². The van der Waals surface area contributed by atoms with E-state index in [9.17, 15) is 0 Å². The molecule has 0 spiro atoms. The van der Waals surface area contributed by atoms with Crippen LogP contribution in [0.25, 0.3) is 0 Å². The first-order valence-corrected chi connectivity index (χ1v) is 6.35. The van der Waals surface area contributed by atoms with E-state index in [1.807, 2.05) is 12.3 Å². The van der Waals surface area contributed by atoms with Crippen LogP contribution in [0.1, 0.15) is 25.3 Å². The van der Waals surface area contributed by atoms with Crippen molar-refractivity contribution in [2.24, 2.45) is 5.73 Å². The first-order chi connectivity index (χ1) is 8.33. The number of rotatable bonds is 5. The van der Waals surface area contributed by atoms with E-state index >= 15 is 0 Å². The van der Waals surface area contributed by atoms with Gasteiger partial charge in [0, 0.05) is 32.4 Å². The minimum atomic E-state index is 0.360. The standard InChI is InChI=1S/C13H21N3O/c1-2-16(10-12-4-3-7-17-12)13-8-11(9-14)5-6-15-13/h5-6,8,12H,2-4,7,9-10,14H2,1H3. The molecule has 1 atom stereocenters. The maximum atomic E-state index is 5.67. The summed E-state index contributed by atoms with van der Waals surface area (Å²) in [5.74, 6) is 1.01. The van der Waals surface area contributed by atoms with Gasteiger partial charge in [0.25, 0.3) is 0 Å². The minimum absolute atomic E-state index is 0.360. The molecule has 0 aromatic carbocycles. The lowest BCUT2D eigenvalue weighted by molar-refractivity contribution is 0.115. The number of ether oxygens (including phenoxy) is 1. The molecule has 94 valence electrons. The van der Waals surface area contributed by atoms with E-state index in [1.165, 1.54) is 6.42 Å². The van der Waals surface area contributed by atoms with Crippen molar-refractivity contribution in [2.45, 2.75) is 32.4 Å². The summed E-state index contributed by atoms with van der Waals surface area (Å²) in [6.07, 6.45) is 4.53. The Morgan fingerprint density at radius 1 is 1.59 bits per heavy atom. The van der Waals surface area contributed by atoms with E-state index in [0.29, 0.717) is 12.6 Å². The summed E-state index contributed by atoms with van der Waals surface area (Å²) in [7, 11) is 0. The number of aromatic nitrogens is 1. The fraction of sp³-hybridized carbons (Fsp3) is 0.615. The molecule has 1 aliphatic heterocycles. The Morgan fingerprint density at radius 2 is 2.47 bits per heavy atom. The molecule has 2 N–H and O–H groups in total. The van der Waals surface area contributed by atoms with Gasteiger partial charge in [-0.25, -0.2) is 4.98 Å². The molecule has 0 amide bonds. The fourth-order valence-corrected chi connectivity index (χ4v) is 2.18. The summed E-state index contributed by atoms with van der Waals surface area (Å²) in [6.45, 7) is 5.48. The van der Waals surface area contributed by atoms with Crippen LogP contribution in [0.15, 0.2) is 18.3 Å². The molecule has 1 aliphatic rings. The van der Waals surface area contributed by atoms with Crippen molar-refractivity contribution in [2.75, 3.05) is 24.6 Å². The zero-order valence-corrected chi connectivity index (χ0v) is 10.4. The van der Waals surface area contributed by atoms with Gasteiger partial charge in [-0.15, -0.1) is 0 Å². The molecule has 1 saturated heterocycles. The molecule has 0 radical (unpaired) electrons. The third-order valence-electron chi connectivity index (χ3n) is 3.20. The summed E-state index contributed by atoms with van der Waals surface area (Å²) < 4.78 is 5.67. The molecule has 0 aliphatic carbocycles. The lowest BCUT2D eigenvalue weighted by Crippen LogP contribution is -2.32. The van der Waals surface area contributed by atoms with Gasteiger partial charge < -0.3 is 15.4 Å². The quantitative estimate of drug-likeness (QED) is 0.841. The summed E-state index contributed by atoms with van der Waals surface area (Å²) in [4.78, 5) is 6.67. The van der Waals surface area contributed by atoms with Gasteiger partial charge in [0.1, 0.15) is 5.82 Å². The molecule has 2 rings (SSSR count). The van der Waals surface area contributed by atoms with Gasteiger partial charge in [0.05, 0.1) is 6.10 Å². The number of nitrogens with zero attached hydrogens (tertiary/aromatic N) is 2. The number of pyridine rings is 1. The second-order valence-electron chi connectivity index (χ2n) is 4.40. The zero-order chi connectivity index (χ0) is 12.1. The number of anilines is 1. The molecular weight excluding hydrogens is 214 g/mol. The molecule has 1 aromatic heterocycles. The highest BCUT2D eigenvalue weighted by Gasteiger charge is 2.19. The second kappa shape index (κ2) is 5.98. The van der Waals surface area contributed by atoms with Crippen molar-refractivity contribution in [3.63, 3.8) is 0 Å². The monoisotopic (exact) mass is 235 g/mol. The molecular formula is C13H21N3O. The van der Waals surface area contributed by atoms with Crippen molar-refractivity contribution in [3.8, 4) is 0 Å².